The fourth-order valence-corrected chi connectivity index (χ4v) is 2.91. The fourth-order valence-electron chi connectivity index (χ4n) is 1.72. The largest absolute Gasteiger partial charge is 0.376 e. The average Bonchev–Trinajstić information content (AvgIpc) is 2.52. The van der Waals surface area contributed by atoms with Gasteiger partial charge in [0.2, 0.25) is 0 Å². The van der Waals surface area contributed by atoms with E-state index >= 15 is 0 Å². The SMILES string of the molecule is Cc1c(Br)cc(NCC(=O)NN=Cc2ccccc2F)cc1Br. The molecule has 0 unspecified atom stereocenters. The van der Waals surface area contributed by atoms with Crippen LogP contribution < -0.4 is 10.7 Å². The van der Waals surface area contributed by atoms with Crippen LogP contribution in [-0.2, 0) is 4.79 Å². The molecule has 2 rings (SSSR count). The number of halogens is 3. The van der Waals surface area contributed by atoms with Crippen LogP contribution >= 0.6 is 31.9 Å². The zero-order valence-corrected chi connectivity index (χ0v) is 15.4. The summed E-state index contributed by atoms with van der Waals surface area (Å²) in [6.07, 6.45) is 1.27. The summed E-state index contributed by atoms with van der Waals surface area (Å²) >= 11 is 6.90. The van der Waals surface area contributed by atoms with Crippen molar-refractivity contribution < 1.29 is 9.18 Å². The van der Waals surface area contributed by atoms with Crippen LogP contribution in [0.25, 0.3) is 0 Å². The van der Waals surface area contributed by atoms with Crippen molar-refractivity contribution in [3.05, 3.63) is 62.3 Å². The summed E-state index contributed by atoms with van der Waals surface area (Å²) in [7, 11) is 0. The number of hydrazone groups is 1. The number of amides is 1. The molecule has 0 saturated heterocycles. The molecule has 2 aromatic carbocycles. The highest BCUT2D eigenvalue weighted by Crippen LogP contribution is 2.28. The van der Waals surface area contributed by atoms with Gasteiger partial charge in [0.25, 0.3) is 5.91 Å². The predicted molar refractivity (Wildman–Crippen MR) is 97.2 cm³/mol. The minimum atomic E-state index is -0.391. The molecule has 2 N–H and O–H groups in total. The minimum Gasteiger partial charge on any atom is -0.376 e. The summed E-state index contributed by atoms with van der Waals surface area (Å²) in [5.41, 5.74) is 4.53. The van der Waals surface area contributed by atoms with Crippen molar-refractivity contribution in [2.75, 3.05) is 11.9 Å². The van der Waals surface area contributed by atoms with E-state index < -0.39 is 5.82 Å². The summed E-state index contributed by atoms with van der Waals surface area (Å²) in [5.74, 6) is -0.719. The number of anilines is 1. The number of nitrogens with one attached hydrogen (secondary N) is 2. The third-order valence-corrected chi connectivity index (χ3v) is 4.68. The van der Waals surface area contributed by atoms with Crippen LogP contribution in [0.3, 0.4) is 0 Å². The van der Waals surface area contributed by atoms with Gasteiger partial charge in [0, 0.05) is 20.2 Å². The Labute approximate surface area is 150 Å². The Kier molecular flexibility index (Phi) is 6.29. The van der Waals surface area contributed by atoms with Gasteiger partial charge in [-0.15, -0.1) is 0 Å². The van der Waals surface area contributed by atoms with Crippen LogP contribution in [0.4, 0.5) is 10.1 Å². The molecule has 4 nitrogen and oxygen atoms in total. The maximum Gasteiger partial charge on any atom is 0.259 e. The average molecular weight is 443 g/mol. The van der Waals surface area contributed by atoms with Crippen LogP contribution in [0.15, 0.2) is 50.4 Å². The van der Waals surface area contributed by atoms with Crippen molar-refractivity contribution in [2.45, 2.75) is 6.92 Å². The highest BCUT2D eigenvalue weighted by molar-refractivity contribution is 9.11. The van der Waals surface area contributed by atoms with Crippen molar-refractivity contribution in [2.24, 2.45) is 5.10 Å². The zero-order chi connectivity index (χ0) is 16.8. The molecule has 0 saturated carbocycles. The second-order valence-electron chi connectivity index (χ2n) is 4.73. The lowest BCUT2D eigenvalue weighted by Crippen LogP contribution is -2.25. The van der Waals surface area contributed by atoms with E-state index in [4.69, 9.17) is 0 Å². The number of rotatable bonds is 5. The smallest absolute Gasteiger partial charge is 0.259 e. The molecule has 0 aliphatic rings. The number of carbonyl (C=O) groups is 1. The molecule has 0 spiro atoms. The molecule has 0 fully saturated rings. The van der Waals surface area contributed by atoms with Gasteiger partial charge >= 0.3 is 0 Å². The molecule has 0 radical (unpaired) electrons. The Balaban J connectivity index is 1.87. The maximum atomic E-state index is 13.4. The second-order valence-corrected chi connectivity index (χ2v) is 6.44. The van der Waals surface area contributed by atoms with Gasteiger partial charge in [-0.2, -0.15) is 5.10 Å². The van der Waals surface area contributed by atoms with Gasteiger partial charge < -0.3 is 5.32 Å². The van der Waals surface area contributed by atoms with Crippen LogP contribution in [0.5, 0.6) is 0 Å². The summed E-state index contributed by atoms with van der Waals surface area (Å²) in [4.78, 5) is 11.7. The van der Waals surface area contributed by atoms with E-state index in [9.17, 15) is 9.18 Å². The lowest BCUT2D eigenvalue weighted by Gasteiger charge is -2.09. The highest BCUT2D eigenvalue weighted by Gasteiger charge is 2.05. The molecule has 7 heteroatoms. The topological polar surface area (TPSA) is 53.5 Å². The zero-order valence-electron chi connectivity index (χ0n) is 12.2. The quantitative estimate of drug-likeness (QED) is 0.538. The number of hydrogen-bond donors (Lipinski definition) is 2. The maximum absolute atomic E-state index is 13.4. The Hall–Kier alpha value is -1.73. The Morgan fingerprint density at radius 2 is 1.91 bits per heavy atom. The molecule has 0 aromatic heterocycles. The van der Waals surface area contributed by atoms with Crippen molar-refractivity contribution in [3.8, 4) is 0 Å². The molecule has 23 heavy (non-hydrogen) atoms. The third kappa shape index (κ3) is 5.14. The summed E-state index contributed by atoms with van der Waals surface area (Å²) in [5, 5.41) is 6.73. The van der Waals surface area contributed by atoms with Crippen molar-refractivity contribution in [1.82, 2.24) is 5.43 Å². The number of nitrogens with zero attached hydrogens (tertiary/aromatic N) is 1. The van der Waals surface area contributed by atoms with E-state index in [1.54, 1.807) is 18.2 Å². The number of hydrogen-bond acceptors (Lipinski definition) is 3. The summed E-state index contributed by atoms with van der Waals surface area (Å²) < 4.78 is 15.2. The van der Waals surface area contributed by atoms with Gasteiger partial charge in [-0.25, -0.2) is 9.82 Å². The molecular weight excluding hydrogens is 429 g/mol. The fraction of sp³-hybridized carbons (Fsp3) is 0.125. The normalized spacial score (nSPS) is 10.8. The highest BCUT2D eigenvalue weighted by atomic mass is 79.9. The van der Waals surface area contributed by atoms with E-state index in [1.165, 1.54) is 12.3 Å². The van der Waals surface area contributed by atoms with Crippen molar-refractivity contribution >= 4 is 49.7 Å². The minimum absolute atomic E-state index is 0.0521. The van der Waals surface area contributed by atoms with E-state index in [0.717, 1.165) is 20.2 Å². The molecule has 0 bridgehead atoms. The first kappa shape index (κ1) is 17.6. The van der Waals surface area contributed by atoms with Gasteiger partial charge in [-0.3, -0.25) is 4.79 Å². The molecule has 120 valence electrons. The van der Waals surface area contributed by atoms with Crippen molar-refractivity contribution in [1.29, 1.82) is 0 Å². The van der Waals surface area contributed by atoms with Gasteiger partial charge in [0.1, 0.15) is 5.82 Å². The van der Waals surface area contributed by atoms with Crippen LogP contribution in [0.2, 0.25) is 0 Å². The summed E-state index contributed by atoms with van der Waals surface area (Å²) in [6.45, 7) is 2.03. The standard InChI is InChI=1S/C16H14Br2FN3O/c1-10-13(17)6-12(7-14(10)18)20-9-16(23)22-21-8-11-4-2-3-5-15(11)19/h2-8,20H,9H2,1H3,(H,22,23). The van der Waals surface area contributed by atoms with Gasteiger partial charge in [0.05, 0.1) is 12.8 Å². The first-order valence-electron chi connectivity index (χ1n) is 6.73. The lowest BCUT2D eigenvalue weighted by atomic mass is 10.2. The van der Waals surface area contributed by atoms with Gasteiger partial charge in [-0.1, -0.05) is 50.1 Å². The van der Waals surface area contributed by atoms with E-state index in [1.807, 2.05) is 19.1 Å². The van der Waals surface area contributed by atoms with Gasteiger partial charge in [0.15, 0.2) is 0 Å². The first-order valence-corrected chi connectivity index (χ1v) is 8.32. The Morgan fingerprint density at radius 1 is 1.26 bits per heavy atom. The van der Waals surface area contributed by atoms with E-state index in [-0.39, 0.29) is 12.5 Å². The van der Waals surface area contributed by atoms with Crippen molar-refractivity contribution in [3.63, 3.8) is 0 Å². The molecule has 0 heterocycles. The predicted octanol–water partition coefficient (Wildman–Crippen LogP) is 4.22. The third-order valence-electron chi connectivity index (χ3n) is 3.03. The molecule has 1 amide bonds. The van der Waals surface area contributed by atoms with E-state index in [0.29, 0.717) is 5.56 Å². The molecule has 0 aliphatic heterocycles. The molecule has 2 aromatic rings. The number of carbonyl (C=O) groups excluding carboxylic acids is 1. The number of benzene rings is 2. The van der Waals surface area contributed by atoms with Crippen LogP contribution in [-0.4, -0.2) is 18.7 Å². The molecular formula is C16H14Br2FN3O. The molecule has 0 aliphatic carbocycles. The first-order chi connectivity index (χ1) is 11.0. The van der Waals surface area contributed by atoms with Crippen LogP contribution in [0.1, 0.15) is 11.1 Å². The lowest BCUT2D eigenvalue weighted by molar-refractivity contribution is -0.119. The molecule has 0 atom stereocenters. The Bertz CT molecular complexity index is 727. The Morgan fingerprint density at radius 3 is 2.57 bits per heavy atom. The van der Waals surface area contributed by atoms with E-state index in [2.05, 4.69) is 47.7 Å². The monoisotopic (exact) mass is 441 g/mol. The summed E-state index contributed by atoms with van der Waals surface area (Å²) in [6, 6.07) is 9.96. The van der Waals surface area contributed by atoms with Crippen LogP contribution in [0, 0.1) is 12.7 Å². The van der Waals surface area contributed by atoms with Gasteiger partial charge in [-0.05, 0) is 30.7 Å². The second kappa shape index (κ2) is 8.21.